The first-order valence-electron chi connectivity index (χ1n) is 8.82. The molecule has 3 aliphatic rings. The van der Waals surface area contributed by atoms with Gasteiger partial charge >= 0.3 is 6.03 Å². The van der Waals surface area contributed by atoms with Crippen molar-refractivity contribution in [1.29, 1.82) is 0 Å². The number of hydrogen-bond acceptors (Lipinski definition) is 3. The molecular formula is C17H28N4O3. The van der Waals surface area contributed by atoms with Gasteiger partial charge in [-0.25, -0.2) is 4.79 Å². The van der Waals surface area contributed by atoms with Crippen LogP contribution in [0.15, 0.2) is 0 Å². The maximum absolute atomic E-state index is 12.4. The van der Waals surface area contributed by atoms with Gasteiger partial charge in [-0.1, -0.05) is 13.8 Å². The standard InChI is InChI=1S/C17H28N4O3/c1-11(2)15(23)20-7-5-17(6-8-20)13-10-21(16(24)19(3)4)9-12(13)14(22)18-17/h11-13H,5-10H2,1-4H3,(H,18,22)/t12-,13+/m0/s1. The Labute approximate surface area is 143 Å². The summed E-state index contributed by atoms with van der Waals surface area (Å²) in [5.74, 6) is 0.301. The summed E-state index contributed by atoms with van der Waals surface area (Å²) >= 11 is 0. The number of urea groups is 1. The van der Waals surface area contributed by atoms with Gasteiger partial charge in [0.05, 0.1) is 5.92 Å². The number of fused-ring (bicyclic) bond motifs is 2. The van der Waals surface area contributed by atoms with Gasteiger partial charge in [0.1, 0.15) is 0 Å². The number of nitrogens with zero attached hydrogens (tertiary/aromatic N) is 3. The number of carbonyl (C=O) groups excluding carboxylic acids is 3. The van der Waals surface area contributed by atoms with E-state index in [1.807, 2.05) is 18.7 Å². The van der Waals surface area contributed by atoms with Crippen LogP contribution < -0.4 is 5.32 Å². The number of amides is 4. The van der Waals surface area contributed by atoms with Crippen LogP contribution in [0.2, 0.25) is 0 Å². The highest BCUT2D eigenvalue weighted by atomic mass is 16.2. The highest BCUT2D eigenvalue weighted by Crippen LogP contribution is 2.44. The number of rotatable bonds is 1. The Morgan fingerprint density at radius 3 is 2.33 bits per heavy atom. The van der Waals surface area contributed by atoms with Crippen molar-refractivity contribution in [3.8, 4) is 0 Å². The summed E-state index contributed by atoms with van der Waals surface area (Å²) in [4.78, 5) is 42.1. The van der Waals surface area contributed by atoms with Gasteiger partial charge in [-0.05, 0) is 12.8 Å². The molecule has 2 atom stereocenters. The molecule has 4 amide bonds. The van der Waals surface area contributed by atoms with E-state index in [1.54, 1.807) is 23.9 Å². The molecule has 3 aliphatic heterocycles. The van der Waals surface area contributed by atoms with E-state index in [1.165, 1.54) is 0 Å². The summed E-state index contributed by atoms with van der Waals surface area (Å²) in [5, 5.41) is 3.22. The highest BCUT2D eigenvalue weighted by molar-refractivity contribution is 5.85. The van der Waals surface area contributed by atoms with Gasteiger partial charge in [0.15, 0.2) is 0 Å². The summed E-state index contributed by atoms with van der Waals surface area (Å²) in [5.41, 5.74) is -0.253. The summed E-state index contributed by atoms with van der Waals surface area (Å²) in [6, 6.07) is -0.0280. The minimum atomic E-state index is -0.253. The fourth-order valence-corrected chi connectivity index (χ4v) is 4.49. The Morgan fingerprint density at radius 2 is 1.79 bits per heavy atom. The Bertz CT molecular complexity index is 552. The van der Waals surface area contributed by atoms with Crippen LogP contribution in [0.1, 0.15) is 26.7 Å². The second kappa shape index (κ2) is 5.93. The summed E-state index contributed by atoms with van der Waals surface area (Å²) in [7, 11) is 3.48. The third-order valence-electron chi connectivity index (χ3n) is 5.85. The van der Waals surface area contributed by atoms with E-state index in [0.717, 1.165) is 12.8 Å². The lowest BCUT2D eigenvalue weighted by molar-refractivity contribution is -0.136. The zero-order valence-electron chi connectivity index (χ0n) is 15.0. The van der Waals surface area contributed by atoms with E-state index in [4.69, 9.17) is 0 Å². The molecule has 0 bridgehead atoms. The second-order valence-corrected chi connectivity index (χ2v) is 7.92. The van der Waals surface area contributed by atoms with E-state index in [9.17, 15) is 14.4 Å². The van der Waals surface area contributed by atoms with E-state index in [0.29, 0.717) is 26.2 Å². The van der Waals surface area contributed by atoms with Crippen molar-refractivity contribution in [2.75, 3.05) is 40.3 Å². The van der Waals surface area contributed by atoms with Crippen LogP contribution in [0.25, 0.3) is 0 Å². The van der Waals surface area contributed by atoms with Crippen LogP contribution in [-0.4, -0.2) is 78.4 Å². The maximum Gasteiger partial charge on any atom is 0.319 e. The molecule has 1 N–H and O–H groups in total. The zero-order chi connectivity index (χ0) is 17.6. The molecule has 3 heterocycles. The lowest BCUT2D eigenvalue weighted by Crippen LogP contribution is -2.57. The Kier molecular flexibility index (Phi) is 4.21. The molecule has 0 aromatic rings. The monoisotopic (exact) mass is 336 g/mol. The summed E-state index contributed by atoms with van der Waals surface area (Å²) in [6.07, 6.45) is 1.56. The fourth-order valence-electron chi connectivity index (χ4n) is 4.49. The van der Waals surface area contributed by atoms with Crippen molar-refractivity contribution in [2.45, 2.75) is 32.2 Å². The number of nitrogens with one attached hydrogen (secondary N) is 1. The summed E-state index contributed by atoms with van der Waals surface area (Å²) < 4.78 is 0. The number of hydrogen-bond donors (Lipinski definition) is 1. The van der Waals surface area contributed by atoms with E-state index >= 15 is 0 Å². The fraction of sp³-hybridized carbons (Fsp3) is 0.824. The van der Waals surface area contributed by atoms with E-state index in [-0.39, 0.29) is 41.1 Å². The highest BCUT2D eigenvalue weighted by Gasteiger charge is 2.58. The topological polar surface area (TPSA) is 73.0 Å². The van der Waals surface area contributed by atoms with Crippen LogP contribution in [0, 0.1) is 17.8 Å². The molecule has 0 aromatic heterocycles. The second-order valence-electron chi connectivity index (χ2n) is 7.92. The van der Waals surface area contributed by atoms with Crippen molar-refractivity contribution in [1.82, 2.24) is 20.0 Å². The molecule has 134 valence electrons. The first kappa shape index (κ1) is 17.0. The van der Waals surface area contributed by atoms with Gasteiger partial charge in [0.25, 0.3) is 0 Å². The van der Waals surface area contributed by atoms with Crippen molar-refractivity contribution in [3.63, 3.8) is 0 Å². The molecule has 3 rings (SSSR count). The molecular weight excluding hydrogens is 308 g/mol. The number of likely N-dealkylation sites (tertiary alicyclic amines) is 2. The van der Waals surface area contributed by atoms with Crippen molar-refractivity contribution >= 4 is 17.8 Å². The summed E-state index contributed by atoms with van der Waals surface area (Å²) in [6.45, 7) is 6.33. The molecule has 3 fully saturated rings. The molecule has 0 aromatic carbocycles. The molecule has 0 unspecified atom stereocenters. The molecule has 0 aliphatic carbocycles. The van der Waals surface area contributed by atoms with Gasteiger partial charge in [-0.2, -0.15) is 0 Å². The van der Waals surface area contributed by atoms with Crippen LogP contribution in [0.3, 0.4) is 0 Å². The molecule has 1 spiro atoms. The van der Waals surface area contributed by atoms with Gasteiger partial charge in [-0.15, -0.1) is 0 Å². The Balaban J connectivity index is 1.71. The average molecular weight is 336 g/mol. The third-order valence-corrected chi connectivity index (χ3v) is 5.85. The molecule has 3 saturated heterocycles. The van der Waals surface area contributed by atoms with Gasteiger partial charge < -0.3 is 20.0 Å². The number of carbonyl (C=O) groups is 3. The van der Waals surface area contributed by atoms with Gasteiger partial charge in [0.2, 0.25) is 11.8 Å². The van der Waals surface area contributed by atoms with Crippen LogP contribution in [-0.2, 0) is 9.59 Å². The first-order chi connectivity index (χ1) is 11.2. The van der Waals surface area contributed by atoms with Crippen molar-refractivity contribution in [2.24, 2.45) is 17.8 Å². The average Bonchev–Trinajstić information content (AvgIpc) is 3.08. The van der Waals surface area contributed by atoms with Crippen LogP contribution in [0.4, 0.5) is 4.79 Å². The van der Waals surface area contributed by atoms with E-state index < -0.39 is 0 Å². The molecule has 7 nitrogen and oxygen atoms in total. The normalized spacial score (nSPS) is 28.3. The predicted octanol–water partition coefficient (Wildman–Crippen LogP) is 0.363. The first-order valence-corrected chi connectivity index (χ1v) is 8.82. The molecule has 0 saturated carbocycles. The SMILES string of the molecule is CC(C)C(=O)N1CCC2(CC1)NC(=O)[C@H]1CN(C(=O)N(C)C)C[C@H]12. The Morgan fingerprint density at radius 1 is 1.17 bits per heavy atom. The minimum Gasteiger partial charge on any atom is -0.350 e. The molecule has 24 heavy (non-hydrogen) atoms. The quantitative estimate of drug-likeness (QED) is 0.752. The Hall–Kier alpha value is -1.79. The largest absolute Gasteiger partial charge is 0.350 e. The zero-order valence-corrected chi connectivity index (χ0v) is 15.0. The van der Waals surface area contributed by atoms with Crippen LogP contribution in [0.5, 0.6) is 0 Å². The number of piperidine rings is 1. The van der Waals surface area contributed by atoms with Gasteiger partial charge in [0, 0.05) is 57.6 Å². The predicted molar refractivity (Wildman–Crippen MR) is 89.2 cm³/mol. The van der Waals surface area contributed by atoms with Crippen molar-refractivity contribution < 1.29 is 14.4 Å². The lowest BCUT2D eigenvalue weighted by atomic mass is 9.75. The maximum atomic E-state index is 12.4. The molecule has 0 radical (unpaired) electrons. The third kappa shape index (κ3) is 2.63. The lowest BCUT2D eigenvalue weighted by Gasteiger charge is -2.43. The van der Waals surface area contributed by atoms with E-state index in [2.05, 4.69) is 5.32 Å². The van der Waals surface area contributed by atoms with Crippen LogP contribution >= 0.6 is 0 Å². The molecule has 7 heteroatoms. The smallest absolute Gasteiger partial charge is 0.319 e. The minimum absolute atomic E-state index is 0.00431. The van der Waals surface area contributed by atoms with Gasteiger partial charge in [-0.3, -0.25) is 9.59 Å². The van der Waals surface area contributed by atoms with Crippen molar-refractivity contribution in [3.05, 3.63) is 0 Å².